The summed E-state index contributed by atoms with van der Waals surface area (Å²) in [5.41, 5.74) is 1.22. The van der Waals surface area contributed by atoms with Crippen LogP contribution in [0.25, 0.3) is 0 Å². The van der Waals surface area contributed by atoms with Crippen molar-refractivity contribution in [1.82, 2.24) is 0 Å². The second-order valence-corrected chi connectivity index (χ2v) is 4.45. The van der Waals surface area contributed by atoms with Gasteiger partial charge in [-0.1, -0.05) is 18.2 Å². The zero-order chi connectivity index (χ0) is 11.0. The van der Waals surface area contributed by atoms with Gasteiger partial charge in [-0.05, 0) is 25.0 Å². The number of benzene rings is 1. The van der Waals surface area contributed by atoms with Crippen LogP contribution < -0.4 is 4.90 Å². The molecule has 0 N–H and O–H groups in total. The Kier molecular flexibility index (Phi) is 2.31. The first kappa shape index (κ1) is 9.70. The van der Waals surface area contributed by atoms with Crippen molar-refractivity contribution in [2.75, 3.05) is 18.1 Å². The van der Waals surface area contributed by atoms with Gasteiger partial charge in [-0.3, -0.25) is 4.79 Å². The van der Waals surface area contributed by atoms with Crippen molar-refractivity contribution < 1.29 is 9.53 Å². The lowest BCUT2D eigenvalue weighted by molar-refractivity contribution is -0.142. The monoisotopic (exact) mass is 217 g/mol. The lowest BCUT2D eigenvalue weighted by Gasteiger charge is -2.45. The molecule has 2 saturated heterocycles. The summed E-state index contributed by atoms with van der Waals surface area (Å²) in [6.45, 7) is 1.65. The highest BCUT2D eigenvalue weighted by Crippen LogP contribution is 2.34. The second-order valence-electron chi connectivity index (χ2n) is 4.45. The van der Waals surface area contributed by atoms with Crippen molar-refractivity contribution in [2.45, 2.75) is 18.9 Å². The largest absolute Gasteiger partial charge is 0.465 e. The van der Waals surface area contributed by atoms with E-state index in [1.165, 1.54) is 5.69 Å². The van der Waals surface area contributed by atoms with Crippen LogP contribution in [0.1, 0.15) is 12.8 Å². The van der Waals surface area contributed by atoms with Crippen LogP contribution in [0.15, 0.2) is 30.3 Å². The Labute approximate surface area is 95.0 Å². The summed E-state index contributed by atoms with van der Waals surface area (Å²) in [6, 6.07) is 10.7. The first-order valence-electron chi connectivity index (χ1n) is 5.84. The molecule has 0 saturated carbocycles. The quantitative estimate of drug-likeness (QED) is 0.708. The van der Waals surface area contributed by atoms with Gasteiger partial charge in [0, 0.05) is 18.3 Å². The van der Waals surface area contributed by atoms with Crippen molar-refractivity contribution >= 4 is 11.7 Å². The van der Waals surface area contributed by atoms with Crippen LogP contribution in [-0.2, 0) is 9.53 Å². The zero-order valence-corrected chi connectivity index (χ0v) is 9.13. The summed E-state index contributed by atoms with van der Waals surface area (Å²) < 4.78 is 5.04. The lowest BCUT2D eigenvalue weighted by Crippen LogP contribution is -2.53. The number of hydrogen-bond donors (Lipinski definition) is 0. The Morgan fingerprint density at radius 3 is 2.56 bits per heavy atom. The van der Waals surface area contributed by atoms with Crippen LogP contribution in [-0.4, -0.2) is 25.2 Å². The fraction of sp³-hybridized carbons (Fsp3) is 0.462. The molecule has 3 rings (SSSR count). The Morgan fingerprint density at radius 1 is 1.19 bits per heavy atom. The molecule has 0 aliphatic carbocycles. The molecule has 0 bridgehead atoms. The van der Waals surface area contributed by atoms with Crippen LogP contribution in [0.5, 0.6) is 0 Å². The predicted octanol–water partition coefficient (Wildman–Crippen LogP) is 1.83. The number of carbonyl (C=O) groups is 1. The fourth-order valence-corrected chi connectivity index (χ4v) is 2.63. The number of rotatable bonds is 2. The molecule has 1 aromatic rings. The van der Waals surface area contributed by atoms with Crippen molar-refractivity contribution in [3.05, 3.63) is 30.3 Å². The summed E-state index contributed by atoms with van der Waals surface area (Å²) in [7, 11) is 0. The maximum atomic E-state index is 11.5. The van der Waals surface area contributed by atoms with Crippen molar-refractivity contribution in [3.8, 4) is 0 Å². The predicted molar refractivity (Wildman–Crippen MR) is 61.3 cm³/mol. The van der Waals surface area contributed by atoms with Gasteiger partial charge in [0.2, 0.25) is 0 Å². The summed E-state index contributed by atoms with van der Waals surface area (Å²) in [6.07, 6.45) is 1.99. The number of esters is 1. The van der Waals surface area contributed by atoms with Gasteiger partial charge in [0.15, 0.2) is 0 Å². The molecule has 2 aliphatic rings. The maximum absolute atomic E-state index is 11.5. The first-order valence-corrected chi connectivity index (χ1v) is 5.84. The molecule has 0 spiro atoms. The fourth-order valence-electron chi connectivity index (χ4n) is 2.63. The summed E-state index contributed by atoms with van der Waals surface area (Å²) in [5, 5.41) is 0. The van der Waals surface area contributed by atoms with Gasteiger partial charge in [0.25, 0.3) is 0 Å². The molecular formula is C13H15NO2. The molecule has 0 aromatic heterocycles. The topological polar surface area (TPSA) is 29.5 Å². The average Bonchev–Trinajstić information content (AvgIpc) is 2.65. The molecule has 1 aromatic carbocycles. The van der Waals surface area contributed by atoms with E-state index in [-0.39, 0.29) is 11.9 Å². The Bertz CT molecular complexity index is 390. The third-order valence-electron chi connectivity index (χ3n) is 3.59. The van der Waals surface area contributed by atoms with Crippen LogP contribution in [0.4, 0.5) is 5.69 Å². The molecule has 2 heterocycles. The summed E-state index contributed by atoms with van der Waals surface area (Å²) in [4.78, 5) is 13.9. The molecule has 84 valence electrons. The van der Waals surface area contributed by atoms with Crippen molar-refractivity contribution in [1.29, 1.82) is 0 Å². The van der Waals surface area contributed by atoms with Crippen LogP contribution in [0.3, 0.4) is 0 Å². The first-order chi connectivity index (χ1) is 7.86. The minimum absolute atomic E-state index is 0.00867. The number of nitrogens with zero attached hydrogens (tertiary/aromatic N) is 1. The van der Waals surface area contributed by atoms with E-state index in [9.17, 15) is 4.79 Å². The molecule has 3 heteroatoms. The van der Waals surface area contributed by atoms with Crippen LogP contribution in [0.2, 0.25) is 0 Å². The van der Waals surface area contributed by atoms with E-state index < -0.39 is 0 Å². The van der Waals surface area contributed by atoms with E-state index in [1.807, 2.05) is 18.2 Å². The standard InChI is InChI=1S/C13H15NO2/c15-13-11(7-9-16-13)12-6-8-14(12)10-4-2-1-3-5-10/h1-5,11-12H,6-9H2/t11-,12-/m0/s1. The van der Waals surface area contributed by atoms with E-state index in [2.05, 4.69) is 17.0 Å². The van der Waals surface area contributed by atoms with Gasteiger partial charge >= 0.3 is 5.97 Å². The normalized spacial score (nSPS) is 28.8. The summed E-state index contributed by atoms with van der Waals surface area (Å²) >= 11 is 0. The average molecular weight is 217 g/mol. The molecule has 2 fully saturated rings. The minimum Gasteiger partial charge on any atom is -0.465 e. The lowest BCUT2D eigenvalue weighted by atomic mass is 9.87. The highest BCUT2D eigenvalue weighted by atomic mass is 16.5. The molecule has 16 heavy (non-hydrogen) atoms. The number of hydrogen-bond acceptors (Lipinski definition) is 3. The van der Waals surface area contributed by atoms with E-state index in [0.29, 0.717) is 12.6 Å². The molecule has 2 atom stereocenters. The molecule has 0 amide bonds. The Morgan fingerprint density at radius 2 is 2.00 bits per heavy atom. The van der Waals surface area contributed by atoms with Gasteiger partial charge in [0.1, 0.15) is 0 Å². The highest BCUT2D eigenvalue weighted by molar-refractivity contribution is 5.76. The third kappa shape index (κ3) is 1.47. The number of para-hydroxylation sites is 1. The van der Waals surface area contributed by atoms with Gasteiger partial charge in [-0.25, -0.2) is 0 Å². The molecule has 2 aliphatic heterocycles. The SMILES string of the molecule is O=C1OCC[C@H]1[C@@H]1CCN1c1ccccc1. The Balaban J connectivity index is 1.77. The molecule has 3 nitrogen and oxygen atoms in total. The van der Waals surface area contributed by atoms with Gasteiger partial charge < -0.3 is 9.64 Å². The minimum atomic E-state index is -0.00867. The van der Waals surface area contributed by atoms with Crippen molar-refractivity contribution in [2.24, 2.45) is 5.92 Å². The number of ether oxygens (including phenoxy) is 1. The van der Waals surface area contributed by atoms with Gasteiger partial charge in [0.05, 0.1) is 12.5 Å². The third-order valence-corrected chi connectivity index (χ3v) is 3.59. The Hall–Kier alpha value is -1.51. The van der Waals surface area contributed by atoms with E-state index >= 15 is 0 Å². The second kappa shape index (κ2) is 3.81. The zero-order valence-electron chi connectivity index (χ0n) is 9.13. The smallest absolute Gasteiger partial charge is 0.311 e. The van der Waals surface area contributed by atoms with Crippen LogP contribution in [0, 0.1) is 5.92 Å². The number of cyclic esters (lactones) is 1. The van der Waals surface area contributed by atoms with E-state index in [0.717, 1.165) is 19.4 Å². The molecule has 0 radical (unpaired) electrons. The number of carbonyl (C=O) groups excluding carboxylic acids is 1. The van der Waals surface area contributed by atoms with Crippen LogP contribution >= 0.6 is 0 Å². The number of anilines is 1. The van der Waals surface area contributed by atoms with E-state index in [4.69, 9.17) is 4.74 Å². The van der Waals surface area contributed by atoms with E-state index in [1.54, 1.807) is 0 Å². The van der Waals surface area contributed by atoms with Gasteiger partial charge in [-0.15, -0.1) is 0 Å². The summed E-state index contributed by atoms with van der Waals surface area (Å²) in [5.74, 6) is 0.0830. The highest BCUT2D eigenvalue weighted by Gasteiger charge is 2.42. The van der Waals surface area contributed by atoms with Crippen molar-refractivity contribution in [3.63, 3.8) is 0 Å². The molecular weight excluding hydrogens is 202 g/mol. The maximum Gasteiger partial charge on any atom is 0.311 e. The molecule has 0 unspecified atom stereocenters. The van der Waals surface area contributed by atoms with Gasteiger partial charge in [-0.2, -0.15) is 0 Å².